The van der Waals surface area contributed by atoms with Crippen LogP contribution in [-0.4, -0.2) is 28.9 Å². The molecule has 0 unspecified atom stereocenters. The molecule has 1 rings (SSSR count). The Balaban J connectivity index is 2.76. The zero-order chi connectivity index (χ0) is 13.7. The number of amides is 1. The van der Waals surface area contributed by atoms with Crippen molar-refractivity contribution in [3.8, 4) is 0 Å². The minimum absolute atomic E-state index is 0.0982. The fourth-order valence-corrected chi connectivity index (χ4v) is 2.39. The molecular formula is C12H16Cl2N2OS. The first-order valence-corrected chi connectivity index (χ1v) is 7.72. The van der Waals surface area contributed by atoms with E-state index in [0.717, 1.165) is 12.2 Å². The third-order valence-corrected chi connectivity index (χ3v) is 4.11. The van der Waals surface area contributed by atoms with Crippen LogP contribution in [0, 0.1) is 6.92 Å². The first-order chi connectivity index (χ1) is 8.47. The Hall–Kier alpha value is -0.450. The van der Waals surface area contributed by atoms with Crippen LogP contribution in [0.15, 0.2) is 6.20 Å². The monoisotopic (exact) mass is 306 g/mol. The van der Waals surface area contributed by atoms with Gasteiger partial charge in [0.05, 0.1) is 21.3 Å². The fraction of sp³-hybridized carbons (Fsp3) is 0.500. The lowest BCUT2D eigenvalue weighted by molar-refractivity contribution is 0.0939. The third kappa shape index (κ3) is 4.04. The molecule has 0 fully saturated rings. The minimum atomic E-state index is -0.233. The molecule has 3 nitrogen and oxygen atoms in total. The summed E-state index contributed by atoms with van der Waals surface area (Å²) in [5.74, 6) is 0.769. The van der Waals surface area contributed by atoms with Gasteiger partial charge in [-0.3, -0.25) is 9.78 Å². The Bertz CT molecular complexity index is 440. The van der Waals surface area contributed by atoms with Crippen LogP contribution in [0.2, 0.25) is 10.0 Å². The van der Waals surface area contributed by atoms with Crippen molar-refractivity contribution in [2.75, 3.05) is 12.0 Å². The summed E-state index contributed by atoms with van der Waals surface area (Å²) >= 11 is 13.8. The highest BCUT2D eigenvalue weighted by Gasteiger charge is 2.16. The highest BCUT2D eigenvalue weighted by atomic mass is 35.5. The smallest absolute Gasteiger partial charge is 0.254 e. The van der Waals surface area contributed by atoms with Crippen molar-refractivity contribution in [2.45, 2.75) is 26.3 Å². The molecule has 18 heavy (non-hydrogen) atoms. The number of nitrogens with one attached hydrogen (secondary N) is 1. The molecule has 6 heteroatoms. The summed E-state index contributed by atoms with van der Waals surface area (Å²) in [7, 11) is 0. The van der Waals surface area contributed by atoms with E-state index in [2.05, 4.69) is 10.3 Å². The second kappa shape index (κ2) is 7.22. The van der Waals surface area contributed by atoms with Gasteiger partial charge in [-0.25, -0.2) is 0 Å². The SMILES string of the molecule is CSCC[C@@H](C)NC(=O)c1cnc(C)c(Cl)c1Cl. The molecule has 100 valence electrons. The van der Waals surface area contributed by atoms with Gasteiger partial charge in [0.15, 0.2) is 0 Å². The van der Waals surface area contributed by atoms with Crippen LogP contribution in [-0.2, 0) is 0 Å². The van der Waals surface area contributed by atoms with Gasteiger partial charge in [0, 0.05) is 12.2 Å². The average Bonchev–Trinajstić information content (AvgIpc) is 2.33. The topological polar surface area (TPSA) is 42.0 Å². The molecule has 0 aliphatic carbocycles. The number of aryl methyl sites for hydroxylation is 1. The van der Waals surface area contributed by atoms with E-state index in [1.807, 2.05) is 13.2 Å². The van der Waals surface area contributed by atoms with Crippen LogP contribution >= 0.6 is 35.0 Å². The molecule has 1 aromatic rings. The van der Waals surface area contributed by atoms with Crippen LogP contribution in [0.5, 0.6) is 0 Å². The summed E-state index contributed by atoms with van der Waals surface area (Å²) in [6.45, 7) is 3.71. The van der Waals surface area contributed by atoms with Gasteiger partial charge >= 0.3 is 0 Å². The quantitative estimate of drug-likeness (QED) is 0.904. The van der Waals surface area contributed by atoms with E-state index in [4.69, 9.17) is 23.2 Å². The molecule has 0 radical (unpaired) electrons. The third-order valence-electron chi connectivity index (χ3n) is 2.51. The van der Waals surface area contributed by atoms with Crippen LogP contribution in [0.1, 0.15) is 29.4 Å². The zero-order valence-electron chi connectivity index (χ0n) is 10.6. The summed E-state index contributed by atoms with van der Waals surface area (Å²) in [5, 5.41) is 3.48. The van der Waals surface area contributed by atoms with Crippen molar-refractivity contribution >= 4 is 40.9 Å². The molecule has 1 atom stereocenters. The predicted molar refractivity (Wildman–Crippen MR) is 78.9 cm³/mol. The lowest BCUT2D eigenvalue weighted by atomic mass is 10.2. The number of nitrogens with zero attached hydrogens (tertiary/aromatic N) is 1. The zero-order valence-corrected chi connectivity index (χ0v) is 12.9. The Morgan fingerprint density at radius 1 is 1.50 bits per heavy atom. The van der Waals surface area contributed by atoms with E-state index < -0.39 is 0 Å². The Labute approximate surface area is 122 Å². The molecule has 0 spiro atoms. The maximum Gasteiger partial charge on any atom is 0.254 e. The Morgan fingerprint density at radius 2 is 2.17 bits per heavy atom. The van der Waals surface area contributed by atoms with E-state index in [1.165, 1.54) is 6.20 Å². The largest absolute Gasteiger partial charge is 0.349 e. The van der Waals surface area contributed by atoms with E-state index in [1.54, 1.807) is 18.7 Å². The summed E-state index contributed by atoms with van der Waals surface area (Å²) in [6.07, 6.45) is 4.41. The maximum absolute atomic E-state index is 12.0. The molecule has 1 heterocycles. The summed E-state index contributed by atoms with van der Waals surface area (Å²) < 4.78 is 0. The molecule has 0 saturated heterocycles. The van der Waals surface area contributed by atoms with Gasteiger partial charge in [0.1, 0.15) is 0 Å². The van der Waals surface area contributed by atoms with Crippen LogP contribution in [0.3, 0.4) is 0 Å². The Kier molecular flexibility index (Phi) is 6.26. The first kappa shape index (κ1) is 15.6. The van der Waals surface area contributed by atoms with Crippen molar-refractivity contribution in [1.29, 1.82) is 0 Å². The number of aromatic nitrogens is 1. The van der Waals surface area contributed by atoms with Crippen molar-refractivity contribution in [3.05, 3.63) is 27.5 Å². The van der Waals surface area contributed by atoms with Gasteiger partial charge in [-0.1, -0.05) is 23.2 Å². The Morgan fingerprint density at radius 3 is 2.78 bits per heavy atom. The maximum atomic E-state index is 12.0. The molecular weight excluding hydrogens is 291 g/mol. The molecule has 0 aliphatic rings. The van der Waals surface area contributed by atoms with Gasteiger partial charge in [0.2, 0.25) is 0 Å². The van der Waals surface area contributed by atoms with Gasteiger partial charge in [-0.15, -0.1) is 0 Å². The highest BCUT2D eigenvalue weighted by Crippen LogP contribution is 2.27. The minimum Gasteiger partial charge on any atom is -0.349 e. The molecule has 0 aliphatic heterocycles. The van der Waals surface area contributed by atoms with Crippen molar-refractivity contribution < 1.29 is 4.79 Å². The molecule has 0 aromatic carbocycles. The number of rotatable bonds is 5. The highest BCUT2D eigenvalue weighted by molar-refractivity contribution is 7.98. The van der Waals surface area contributed by atoms with Crippen molar-refractivity contribution in [3.63, 3.8) is 0 Å². The second-order valence-electron chi connectivity index (χ2n) is 4.04. The van der Waals surface area contributed by atoms with Gasteiger partial charge in [-0.2, -0.15) is 11.8 Å². The van der Waals surface area contributed by atoms with E-state index in [9.17, 15) is 4.79 Å². The van der Waals surface area contributed by atoms with Crippen molar-refractivity contribution in [2.24, 2.45) is 0 Å². The van der Waals surface area contributed by atoms with Crippen LogP contribution in [0.25, 0.3) is 0 Å². The lowest BCUT2D eigenvalue weighted by Crippen LogP contribution is -2.33. The predicted octanol–water partition coefficient (Wildman–Crippen LogP) is 3.57. The number of hydrogen-bond donors (Lipinski definition) is 1. The normalized spacial score (nSPS) is 12.3. The van der Waals surface area contributed by atoms with Gasteiger partial charge in [0.25, 0.3) is 5.91 Å². The number of thioether (sulfide) groups is 1. The fourth-order valence-electron chi connectivity index (χ4n) is 1.38. The molecule has 0 saturated carbocycles. The van der Waals surface area contributed by atoms with Crippen LogP contribution < -0.4 is 5.32 Å². The molecule has 1 amide bonds. The van der Waals surface area contributed by atoms with E-state index in [-0.39, 0.29) is 17.0 Å². The van der Waals surface area contributed by atoms with Gasteiger partial charge < -0.3 is 5.32 Å². The number of carbonyl (C=O) groups is 1. The summed E-state index contributed by atoms with van der Waals surface area (Å²) in [6, 6.07) is 0.0982. The molecule has 0 bridgehead atoms. The van der Waals surface area contributed by atoms with Gasteiger partial charge in [-0.05, 0) is 32.3 Å². The number of pyridine rings is 1. The number of carbonyl (C=O) groups excluding carboxylic acids is 1. The summed E-state index contributed by atoms with van der Waals surface area (Å²) in [5.41, 5.74) is 0.942. The average molecular weight is 307 g/mol. The van der Waals surface area contributed by atoms with Crippen molar-refractivity contribution in [1.82, 2.24) is 10.3 Å². The first-order valence-electron chi connectivity index (χ1n) is 5.57. The second-order valence-corrected chi connectivity index (χ2v) is 5.78. The van der Waals surface area contributed by atoms with E-state index in [0.29, 0.717) is 16.3 Å². The number of halogens is 2. The summed E-state index contributed by atoms with van der Waals surface area (Å²) in [4.78, 5) is 16.1. The van der Waals surface area contributed by atoms with Crippen LogP contribution in [0.4, 0.5) is 0 Å². The molecule has 1 N–H and O–H groups in total. The molecule has 1 aromatic heterocycles. The standard InChI is InChI=1S/C12H16Cl2N2OS/c1-7(4-5-18-3)16-12(17)9-6-15-8(2)10(13)11(9)14/h6-7H,4-5H2,1-3H3,(H,16,17)/t7-/m1/s1. The van der Waals surface area contributed by atoms with E-state index >= 15 is 0 Å². The number of hydrogen-bond acceptors (Lipinski definition) is 3. The lowest BCUT2D eigenvalue weighted by Gasteiger charge is -2.14.